The monoisotopic (exact) mass is 281 g/mol. The van der Waals surface area contributed by atoms with Crippen LogP contribution < -0.4 is 5.32 Å². The molecule has 116 valence electrons. The average Bonchev–Trinajstić information content (AvgIpc) is 2.88. The lowest BCUT2D eigenvalue weighted by atomic mass is 10.1. The number of hydrogen-bond acceptors (Lipinski definition) is 4. The van der Waals surface area contributed by atoms with E-state index in [-0.39, 0.29) is 6.04 Å². The van der Waals surface area contributed by atoms with Gasteiger partial charge in [0.15, 0.2) is 5.82 Å². The van der Waals surface area contributed by atoms with Crippen molar-refractivity contribution in [2.24, 2.45) is 5.92 Å². The zero-order chi connectivity index (χ0) is 14.8. The fourth-order valence-corrected chi connectivity index (χ4v) is 2.23. The van der Waals surface area contributed by atoms with Gasteiger partial charge in [-0.2, -0.15) is 0 Å². The number of nitrogens with zero attached hydrogens (tertiary/aromatic N) is 4. The van der Waals surface area contributed by atoms with Crippen molar-refractivity contribution in [2.45, 2.75) is 78.8 Å². The molecular weight excluding hydrogens is 250 g/mol. The Labute approximate surface area is 123 Å². The Kier molecular flexibility index (Phi) is 8.42. The molecule has 0 aliphatic carbocycles. The molecule has 0 spiro atoms. The predicted octanol–water partition coefficient (Wildman–Crippen LogP) is 3.34. The quantitative estimate of drug-likeness (QED) is 0.632. The van der Waals surface area contributed by atoms with Gasteiger partial charge in [0, 0.05) is 6.54 Å². The van der Waals surface area contributed by atoms with Gasteiger partial charge in [-0.3, -0.25) is 0 Å². The van der Waals surface area contributed by atoms with Crippen LogP contribution in [-0.4, -0.2) is 26.8 Å². The van der Waals surface area contributed by atoms with Gasteiger partial charge in [-0.05, 0) is 36.2 Å². The number of aryl methyl sites for hydroxylation is 1. The van der Waals surface area contributed by atoms with Crippen molar-refractivity contribution >= 4 is 0 Å². The Morgan fingerprint density at radius 1 is 1.05 bits per heavy atom. The Hall–Kier alpha value is -0.970. The van der Waals surface area contributed by atoms with Crippen LogP contribution in [0, 0.1) is 5.92 Å². The molecule has 1 atom stereocenters. The van der Waals surface area contributed by atoms with Crippen LogP contribution >= 0.6 is 0 Å². The number of nitrogens with one attached hydrogen (secondary N) is 1. The van der Waals surface area contributed by atoms with Gasteiger partial charge in [0.05, 0.1) is 6.04 Å². The van der Waals surface area contributed by atoms with Gasteiger partial charge >= 0.3 is 0 Å². The third-order valence-electron chi connectivity index (χ3n) is 3.50. The van der Waals surface area contributed by atoms with E-state index in [2.05, 4.69) is 48.5 Å². The van der Waals surface area contributed by atoms with E-state index in [1.807, 2.05) is 4.68 Å². The van der Waals surface area contributed by atoms with Crippen LogP contribution in [0.25, 0.3) is 0 Å². The number of rotatable bonds is 11. The summed E-state index contributed by atoms with van der Waals surface area (Å²) in [4.78, 5) is 0. The van der Waals surface area contributed by atoms with Crippen molar-refractivity contribution in [1.82, 2.24) is 25.5 Å². The van der Waals surface area contributed by atoms with Crippen molar-refractivity contribution in [3.63, 3.8) is 0 Å². The van der Waals surface area contributed by atoms with Crippen LogP contribution in [0.5, 0.6) is 0 Å². The Balaban J connectivity index is 2.30. The van der Waals surface area contributed by atoms with Gasteiger partial charge < -0.3 is 5.32 Å². The lowest BCUT2D eigenvalue weighted by Gasteiger charge is -2.15. The number of tetrazole rings is 1. The van der Waals surface area contributed by atoms with Crippen molar-refractivity contribution in [3.8, 4) is 0 Å². The molecule has 1 N–H and O–H groups in total. The van der Waals surface area contributed by atoms with Crippen molar-refractivity contribution < 1.29 is 0 Å². The summed E-state index contributed by atoms with van der Waals surface area (Å²) < 4.78 is 1.96. The second-order valence-electron chi connectivity index (χ2n) is 6.05. The van der Waals surface area contributed by atoms with Crippen molar-refractivity contribution in [2.75, 3.05) is 6.54 Å². The summed E-state index contributed by atoms with van der Waals surface area (Å²) in [6, 6.07) is 0.215. The van der Waals surface area contributed by atoms with Gasteiger partial charge in [-0.15, -0.1) is 5.10 Å². The SMILES string of the molecule is CCCCCCCCn1nnnc1C(C)NCC(C)C. The Morgan fingerprint density at radius 3 is 2.45 bits per heavy atom. The van der Waals surface area contributed by atoms with E-state index in [1.165, 1.54) is 38.5 Å². The normalized spacial score (nSPS) is 13.1. The van der Waals surface area contributed by atoms with Crippen LogP contribution in [0.2, 0.25) is 0 Å². The van der Waals surface area contributed by atoms with E-state index in [9.17, 15) is 0 Å². The molecular formula is C15H31N5. The molecule has 1 heterocycles. The largest absolute Gasteiger partial charge is 0.307 e. The predicted molar refractivity (Wildman–Crippen MR) is 82.4 cm³/mol. The standard InChI is InChI=1S/C15H31N5/c1-5-6-7-8-9-10-11-20-15(17-18-19-20)14(4)16-12-13(2)3/h13-14,16H,5-12H2,1-4H3. The minimum Gasteiger partial charge on any atom is -0.307 e. The van der Waals surface area contributed by atoms with E-state index in [1.54, 1.807) is 0 Å². The lowest BCUT2D eigenvalue weighted by molar-refractivity contribution is 0.441. The lowest BCUT2D eigenvalue weighted by Crippen LogP contribution is -2.26. The fraction of sp³-hybridized carbons (Fsp3) is 0.933. The Morgan fingerprint density at radius 2 is 1.75 bits per heavy atom. The molecule has 0 radical (unpaired) electrons. The summed E-state index contributed by atoms with van der Waals surface area (Å²) in [5.41, 5.74) is 0. The van der Waals surface area contributed by atoms with E-state index >= 15 is 0 Å². The maximum Gasteiger partial charge on any atom is 0.167 e. The molecule has 0 aliphatic rings. The van der Waals surface area contributed by atoms with Crippen molar-refractivity contribution in [3.05, 3.63) is 5.82 Å². The van der Waals surface area contributed by atoms with Crippen LogP contribution in [0.1, 0.15) is 78.1 Å². The number of aromatic nitrogens is 4. The van der Waals surface area contributed by atoms with E-state index in [4.69, 9.17) is 0 Å². The smallest absolute Gasteiger partial charge is 0.167 e. The van der Waals surface area contributed by atoms with Crippen LogP contribution in [0.3, 0.4) is 0 Å². The van der Waals surface area contributed by atoms with Crippen LogP contribution in [-0.2, 0) is 6.54 Å². The third-order valence-corrected chi connectivity index (χ3v) is 3.50. The van der Waals surface area contributed by atoms with Gasteiger partial charge in [-0.1, -0.05) is 52.9 Å². The molecule has 1 unspecified atom stereocenters. The Bertz CT molecular complexity index is 348. The highest BCUT2D eigenvalue weighted by molar-refractivity contribution is 4.89. The molecule has 1 aromatic rings. The molecule has 0 aliphatic heterocycles. The van der Waals surface area contributed by atoms with E-state index in [0.29, 0.717) is 5.92 Å². The molecule has 1 aromatic heterocycles. The average molecular weight is 281 g/mol. The number of hydrogen-bond donors (Lipinski definition) is 1. The molecule has 0 aromatic carbocycles. The molecule has 0 fully saturated rings. The highest BCUT2D eigenvalue weighted by Gasteiger charge is 2.13. The first-order valence-electron chi connectivity index (χ1n) is 8.14. The first-order chi connectivity index (χ1) is 9.65. The zero-order valence-electron chi connectivity index (χ0n) is 13.6. The van der Waals surface area contributed by atoms with Crippen LogP contribution in [0.4, 0.5) is 0 Å². The molecule has 0 saturated heterocycles. The maximum absolute atomic E-state index is 4.16. The van der Waals surface area contributed by atoms with E-state index < -0.39 is 0 Å². The second-order valence-corrected chi connectivity index (χ2v) is 6.05. The minimum absolute atomic E-state index is 0.215. The van der Waals surface area contributed by atoms with Crippen molar-refractivity contribution in [1.29, 1.82) is 0 Å². The summed E-state index contributed by atoms with van der Waals surface area (Å²) in [6.45, 7) is 10.7. The van der Waals surface area contributed by atoms with Gasteiger partial charge in [0.2, 0.25) is 0 Å². The zero-order valence-corrected chi connectivity index (χ0v) is 13.6. The molecule has 5 heteroatoms. The summed E-state index contributed by atoms with van der Waals surface area (Å²) >= 11 is 0. The topological polar surface area (TPSA) is 55.6 Å². The second kappa shape index (κ2) is 9.86. The molecule has 0 bridgehead atoms. The van der Waals surface area contributed by atoms with Gasteiger partial charge in [0.25, 0.3) is 0 Å². The highest BCUT2D eigenvalue weighted by Crippen LogP contribution is 2.11. The summed E-state index contributed by atoms with van der Waals surface area (Å²) in [5, 5.41) is 15.6. The molecule has 5 nitrogen and oxygen atoms in total. The van der Waals surface area contributed by atoms with Gasteiger partial charge in [0.1, 0.15) is 0 Å². The maximum atomic E-state index is 4.16. The van der Waals surface area contributed by atoms with Gasteiger partial charge in [-0.25, -0.2) is 4.68 Å². The highest BCUT2D eigenvalue weighted by atomic mass is 15.5. The summed E-state index contributed by atoms with van der Waals surface area (Å²) in [5.74, 6) is 1.60. The molecule has 0 amide bonds. The summed E-state index contributed by atoms with van der Waals surface area (Å²) in [7, 11) is 0. The minimum atomic E-state index is 0.215. The summed E-state index contributed by atoms with van der Waals surface area (Å²) in [6.07, 6.45) is 7.77. The molecule has 1 rings (SSSR count). The van der Waals surface area contributed by atoms with E-state index in [0.717, 1.165) is 18.9 Å². The molecule has 20 heavy (non-hydrogen) atoms. The third kappa shape index (κ3) is 6.46. The number of unbranched alkanes of at least 4 members (excludes halogenated alkanes) is 5. The molecule has 0 saturated carbocycles. The first-order valence-corrected chi connectivity index (χ1v) is 8.14. The first kappa shape index (κ1) is 17.1. The van der Waals surface area contributed by atoms with Crippen LogP contribution in [0.15, 0.2) is 0 Å². The fourth-order valence-electron chi connectivity index (χ4n) is 2.23.